The molecule has 0 saturated heterocycles. The Morgan fingerprint density at radius 3 is 2.37 bits per heavy atom. The fourth-order valence-corrected chi connectivity index (χ4v) is 2.34. The van der Waals surface area contributed by atoms with Gasteiger partial charge >= 0.3 is 0 Å². The Kier molecular flexibility index (Phi) is 4.66. The van der Waals surface area contributed by atoms with Crippen LogP contribution in [0, 0.1) is 11.3 Å². The van der Waals surface area contributed by atoms with Crippen molar-refractivity contribution in [2.24, 2.45) is 0 Å². The molecule has 0 aliphatic carbocycles. The van der Waals surface area contributed by atoms with E-state index in [4.69, 9.17) is 4.74 Å². The second-order valence-electron chi connectivity index (χ2n) is 3.81. The van der Waals surface area contributed by atoms with Gasteiger partial charge in [0, 0.05) is 4.90 Å². The fraction of sp³-hybridized carbons (Fsp3) is 0.0625. The molecule has 0 unspecified atom stereocenters. The van der Waals surface area contributed by atoms with Crippen LogP contribution in [0.4, 0.5) is 0 Å². The molecule has 94 valence electrons. The summed E-state index contributed by atoms with van der Waals surface area (Å²) in [7, 11) is 1.64. The van der Waals surface area contributed by atoms with E-state index in [1.807, 2.05) is 60.7 Å². The zero-order valence-electron chi connectivity index (χ0n) is 10.5. The third-order valence-corrected chi connectivity index (χ3v) is 3.43. The Bertz CT molecular complexity index is 597. The molecule has 2 nitrogen and oxygen atoms in total. The van der Waals surface area contributed by atoms with Crippen molar-refractivity contribution >= 4 is 17.8 Å². The minimum absolute atomic E-state index is 0.663. The quantitative estimate of drug-likeness (QED) is 0.610. The van der Waals surface area contributed by atoms with Gasteiger partial charge in [-0.1, -0.05) is 42.1 Å². The van der Waals surface area contributed by atoms with Crippen molar-refractivity contribution < 1.29 is 4.74 Å². The Hall–Kier alpha value is -2.18. The summed E-state index contributed by atoms with van der Waals surface area (Å²) in [5.41, 5.74) is 0.987. The first kappa shape index (κ1) is 13.3. The Labute approximate surface area is 117 Å². The van der Waals surface area contributed by atoms with Crippen molar-refractivity contribution in [2.75, 3.05) is 7.11 Å². The first-order valence-electron chi connectivity index (χ1n) is 5.80. The monoisotopic (exact) mass is 267 g/mol. The smallest absolute Gasteiger partial charge is 0.118 e. The summed E-state index contributed by atoms with van der Waals surface area (Å²) in [5, 5.41) is 9.19. The molecule has 0 saturated carbocycles. The summed E-state index contributed by atoms with van der Waals surface area (Å²) in [6.07, 6.45) is 1.87. The van der Waals surface area contributed by atoms with Crippen LogP contribution in [0.3, 0.4) is 0 Å². The molecule has 0 fully saturated rings. The lowest BCUT2D eigenvalue weighted by Gasteiger charge is -2.01. The second kappa shape index (κ2) is 6.67. The van der Waals surface area contributed by atoms with Gasteiger partial charge in [0.15, 0.2) is 0 Å². The van der Waals surface area contributed by atoms with E-state index in [1.54, 1.807) is 7.11 Å². The summed E-state index contributed by atoms with van der Waals surface area (Å²) in [6, 6.07) is 19.7. The molecule has 0 atom stereocenters. The summed E-state index contributed by atoms with van der Waals surface area (Å²) < 4.78 is 5.11. The third-order valence-electron chi connectivity index (χ3n) is 2.49. The van der Waals surface area contributed by atoms with Gasteiger partial charge in [-0.25, -0.2) is 0 Å². The van der Waals surface area contributed by atoms with Crippen LogP contribution < -0.4 is 4.74 Å². The average Bonchev–Trinajstić information content (AvgIpc) is 2.48. The third kappa shape index (κ3) is 3.90. The molecule has 3 heteroatoms. The molecular weight excluding hydrogens is 254 g/mol. The van der Waals surface area contributed by atoms with E-state index in [1.165, 1.54) is 11.8 Å². The highest BCUT2D eigenvalue weighted by atomic mass is 32.2. The maximum atomic E-state index is 9.19. The highest BCUT2D eigenvalue weighted by molar-refractivity contribution is 8.03. The maximum absolute atomic E-state index is 9.19. The first-order chi connectivity index (χ1) is 9.31. The van der Waals surface area contributed by atoms with Crippen LogP contribution >= 0.6 is 11.8 Å². The van der Waals surface area contributed by atoms with Crippen LogP contribution in [0.15, 0.2) is 64.4 Å². The molecular formula is C16H13NOS. The fourth-order valence-electron chi connectivity index (χ4n) is 1.55. The van der Waals surface area contributed by atoms with Crippen LogP contribution in [0.25, 0.3) is 6.08 Å². The molecule has 0 aliphatic heterocycles. The first-order valence-corrected chi connectivity index (χ1v) is 6.62. The zero-order chi connectivity index (χ0) is 13.5. The van der Waals surface area contributed by atoms with Crippen molar-refractivity contribution in [3.8, 4) is 11.8 Å². The highest BCUT2D eigenvalue weighted by Gasteiger charge is 2.00. The average molecular weight is 267 g/mol. The van der Waals surface area contributed by atoms with E-state index in [2.05, 4.69) is 6.07 Å². The van der Waals surface area contributed by atoms with Gasteiger partial charge < -0.3 is 4.74 Å². The van der Waals surface area contributed by atoms with Gasteiger partial charge in [-0.2, -0.15) is 5.26 Å². The molecule has 19 heavy (non-hydrogen) atoms. The molecule has 0 aliphatic rings. The SMILES string of the molecule is COc1ccc(C=C(C#N)Sc2ccccc2)cc1. The van der Waals surface area contributed by atoms with Crippen LogP contribution in [0.2, 0.25) is 0 Å². The molecule has 0 amide bonds. The van der Waals surface area contributed by atoms with Gasteiger partial charge in [-0.15, -0.1) is 0 Å². The molecule has 0 bridgehead atoms. The summed E-state index contributed by atoms with van der Waals surface area (Å²) >= 11 is 1.46. The van der Waals surface area contributed by atoms with Crippen molar-refractivity contribution in [1.82, 2.24) is 0 Å². The lowest BCUT2D eigenvalue weighted by atomic mass is 10.2. The zero-order valence-corrected chi connectivity index (χ0v) is 11.4. The van der Waals surface area contributed by atoms with Crippen LogP contribution in [0.1, 0.15) is 5.56 Å². The van der Waals surface area contributed by atoms with Gasteiger partial charge in [-0.3, -0.25) is 0 Å². The van der Waals surface area contributed by atoms with E-state index >= 15 is 0 Å². The molecule has 0 spiro atoms. The number of ether oxygens (including phenoxy) is 1. The largest absolute Gasteiger partial charge is 0.497 e. The number of methoxy groups -OCH3 is 1. The topological polar surface area (TPSA) is 33.0 Å². The lowest BCUT2D eigenvalue weighted by molar-refractivity contribution is 0.415. The van der Waals surface area contributed by atoms with Crippen LogP contribution in [-0.4, -0.2) is 7.11 Å². The van der Waals surface area contributed by atoms with Gasteiger partial charge in [0.25, 0.3) is 0 Å². The predicted octanol–water partition coefficient (Wildman–Crippen LogP) is 4.35. The summed E-state index contributed by atoms with van der Waals surface area (Å²) in [5.74, 6) is 0.811. The standard InChI is InChI=1S/C16H13NOS/c1-18-14-9-7-13(8-10-14)11-16(12-17)19-15-5-3-2-4-6-15/h2-11H,1H3. The van der Waals surface area contributed by atoms with Gasteiger partial charge in [0.05, 0.1) is 12.0 Å². The normalized spacial score (nSPS) is 10.8. The molecule has 0 aromatic heterocycles. The van der Waals surface area contributed by atoms with Crippen LogP contribution in [0.5, 0.6) is 5.75 Å². The number of nitrogens with zero attached hydrogens (tertiary/aromatic N) is 1. The number of allylic oxidation sites excluding steroid dienone is 1. The van der Waals surface area contributed by atoms with Crippen molar-refractivity contribution in [2.45, 2.75) is 4.90 Å². The van der Waals surface area contributed by atoms with Gasteiger partial charge in [0.1, 0.15) is 11.8 Å². The number of nitriles is 1. The second-order valence-corrected chi connectivity index (χ2v) is 4.92. The minimum Gasteiger partial charge on any atom is -0.497 e. The summed E-state index contributed by atoms with van der Waals surface area (Å²) in [4.78, 5) is 1.72. The molecule has 0 radical (unpaired) electrons. The molecule has 0 N–H and O–H groups in total. The predicted molar refractivity (Wildman–Crippen MR) is 78.9 cm³/mol. The number of hydrogen-bond donors (Lipinski definition) is 0. The number of thioether (sulfide) groups is 1. The Balaban J connectivity index is 2.17. The minimum atomic E-state index is 0.663. The molecule has 0 heterocycles. The van der Waals surface area contributed by atoms with Crippen molar-refractivity contribution in [1.29, 1.82) is 5.26 Å². The van der Waals surface area contributed by atoms with Gasteiger partial charge in [-0.05, 0) is 35.9 Å². The number of benzene rings is 2. The number of rotatable bonds is 4. The van der Waals surface area contributed by atoms with Crippen molar-refractivity contribution in [3.63, 3.8) is 0 Å². The van der Waals surface area contributed by atoms with E-state index in [0.717, 1.165) is 16.2 Å². The molecule has 2 rings (SSSR count). The van der Waals surface area contributed by atoms with E-state index in [0.29, 0.717) is 4.91 Å². The molecule has 2 aromatic rings. The Morgan fingerprint density at radius 1 is 1.11 bits per heavy atom. The van der Waals surface area contributed by atoms with E-state index in [-0.39, 0.29) is 0 Å². The van der Waals surface area contributed by atoms with Crippen molar-refractivity contribution in [3.05, 3.63) is 65.1 Å². The van der Waals surface area contributed by atoms with E-state index < -0.39 is 0 Å². The van der Waals surface area contributed by atoms with Crippen LogP contribution in [-0.2, 0) is 0 Å². The molecule has 2 aromatic carbocycles. The number of hydrogen-bond acceptors (Lipinski definition) is 3. The van der Waals surface area contributed by atoms with E-state index in [9.17, 15) is 5.26 Å². The van der Waals surface area contributed by atoms with Gasteiger partial charge in [0.2, 0.25) is 0 Å². The maximum Gasteiger partial charge on any atom is 0.118 e. The summed E-state index contributed by atoms with van der Waals surface area (Å²) in [6.45, 7) is 0. The Morgan fingerprint density at radius 2 is 1.79 bits per heavy atom. The lowest BCUT2D eigenvalue weighted by Crippen LogP contribution is -1.82. The highest BCUT2D eigenvalue weighted by Crippen LogP contribution is 2.27.